The third kappa shape index (κ3) is 5.09. The molecular weight excluding hydrogens is 619 g/mol. The number of fused-ring (bicyclic) bond motifs is 5. The molecule has 0 unspecified atom stereocenters. The summed E-state index contributed by atoms with van der Waals surface area (Å²) in [6, 6.07) is 37.2. The number of nitrogens with zero attached hydrogens (tertiary/aromatic N) is 5. The van der Waals surface area contributed by atoms with Gasteiger partial charge in [-0.1, -0.05) is 78.9 Å². The Balaban J connectivity index is 1.37. The summed E-state index contributed by atoms with van der Waals surface area (Å²) in [5, 5.41) is 12.0. The van der Waals surface area contributed by atoms with E-state index in [4.69, 9.17) is 21.5 Å². The van der Waals surface area contributed by atoms with Gasteiger partial charge in [-0.3, -0.25) is 0 Å². The Labute approximate surface area is 278 Å². The van der Waals surface area contributed by atoms with E-state index < -0.39 is 17.5 Å². The van der Waals surface area contributed by atoms with E-state index >= 15 is 0 Å². The van der Waals surface area contributed by atoms with Crippen molar-refractivity contribution >= 4 is 38.4 Å². The standard InChI is InChI=1S/C41H20F3N5/c1-46-29-16-14-27(15-17-29)39-40(26-8-6-23(22-45)7-9-26)49-41-35(48-39)19-18-31-36(41)30-4-2-3-5-34(30)47-38(31)25-12-10-24(11-13-25)28-20-32(42)37(44)33(43)21-28/h2-21H. The second-order valence-electron chi connectivity index (χ2n) is 11.4. The van der Waals surface area contributed by atoms with Crippen molar-refractivity contribution in [3.8, 4) is 51.0 Å². The number of aromatic nitrogens is 3. The summed E-state index contributed by atoms with van der Waals surface area (Å²) in [7, 11) is 0. The zero-order valence-electron chi connectivity index (χ0n) is 25.4. The van der Waals surface area contributed by atoms with Crippen LogP contribution in [0, 0.1) is 35.4 Å². The predicted octanol–water partition coefficient (Wildman–Crippen LogP) is 10.8. The van der Waals surface area contributed by atoms with Crippen LogP contribution in [0.5, 0.6) is 0 Å². The van der Waals surface area contributed by atoms with Gasteiger partial charge in [-0.05, 0) is 59.2 Å². The molecule has 49 heavy (non-hydrogen) atoms. The maximum absolute atomic E-state index is 14.0. The van der Waals surface area contributed by atoms with Crippen molar-refractivity contribution in [2.45, 2.75) is 0 Å². The number of hydrogen-bond acceptors (Lipinski definition) is 4. The average molecular weight is 640 g/mol. The van der Waals surface area contributed by atoms with E-state index in [0.717, 1.165) is 50.5 Å². The Hall–Kier alpha value is -6.90. The highest BCUT2D eigenvalue weighted by Crippen LogP contribution is 2.39. The first-order valence-electron chi connectivity index (χ1n) is 15.2. The molecule has 0 aliphatic heterocycles. The minimum absolute atomic E-state index is 0.218. The van der Waals surface area contributed by atoms with E-state index in [2.05, 4.69) is 10.9 Å². The van der Waals surface area contributed by atoms with Crippen LogP contribution in [0.15, 0.2) is 121 Å². The van der Waals surface area contributed by atoms with E-state index in [9.17, 15) is 18.4 Å². The molecule has 0 radical (unpaired) electrons. The highest BCUT2D eigenvalue weighted by Gasteiger charge is 2.19. The zero-order chi connectivity index (χ0) is 33.6. The number of halogens is 3. The number of hydrogen-bond donors (Lipinski definition) is 0. The van der Waals surface area contributed by atoms with Crippen molar-refractivity contribution in [3.05, 3.63) is 156 Å². The van der Waals surface area contributed by atoms with E-state index in [1.54, 1.807) is 36.4 Å². The summed E-state index contributed by atoms with van der Waals surface area (Å²) in [6.45, 7) is 7.36. The maximum atomic E-state index is 14.0. The first-order valence-corrected chi connectivity index (χ1v) is 15.2. The Morgan fingerprint density at radius 3 is 1.80 bits per heavy atom. The lowest BCUT2D eigenvalue weighted by atomic mass is 9.96. The van der Waals surface area contributed by atoms with Crippen molar-refractivity contribution in [3.63, 3.8) is 0 Å². The van der Waals surface area contributed by atoms with Crippen molar-refractivity contribution < 1.29 is 13.2 Å². The molecule has 8 rings (SSSR count). The average Bonchev–Trinajstić information content (AvgIpc) is 3.15. The summed E-state index contributed by atoms with van der Waals surface area (Å²) in [5.74, 6) is -4.01. The first-order chi connectivity index (χ1) is 23.9. The molecule has 8 heteroatoms. The summed E-state index contributed by atoms with van der Waals surface area (Å²) in [4.78, 5) is 19.0. The van der Waals surface area contributed by atoms with Gasteiger partial charge < -0.3 is 0 Å². The number of benzene rings is 6. The van der Waals surface area contributed by atoms with Crippen LogP contribution >= 0.6 is 0 Å². The molecule has 230 valence electrons. The molecule has 0 aliphatic rings. The molecular formula is C41H20F3N5. The molecule has 0 spiro atoms. The van der Waals surface area contributed by atoms with Gasteiger partial charge in [-0.15, -0.1) is 0 Å². The SMILES string of the molecule is [C-]#[N+]c1ccc(-c2nc3ccc4c(-c5ccc(-c6cc(F)c(F)c(F)c6)cc5)nc5ccccc5c4c3nc2-c2ccc(C#N)cc2)cc1. The number of rotatable bonds is 4. The minimum atomic E-state index is -1.50. The zero-order valence-corrected chi connectivity index (χ0v) is 25.4. The molecule has 0 atom stereocenters. The molecule has 6 aromatic carbocycles. The number of para-hydroxylation sites is 1. The summed E-state index contributed by atoms with van der Waals surface area (Å²) < 4.78 is 41.6. The number of nitriles is 1. The molecule has 8 aromatic rings. The van der Waals surface area contributed by atoms with Crippen LogP contribution in [0.4, 0.5) is 18.9 Å². The van der Waals surface area contributed by atoms with Crippen LogP contribution in [0.25, 0.3) is 82.5 Å². The Morgan fingerprint density at radius 2 is 1.12 bits per heavy atom. The lowest BCUT2D eigenvalue weighted by Crippen LogP contribution is -1.98. The molecule has 0 amide bonds. The molecule has 0 saturated carbocycles. The van der Waals surface area contributed by atoms with Crippen LogP contribution in [-0.2, 0) is 0 Å². The largest absolute Gasteiger partial charge is 0.247 e. The van der Waals surface area contributed by atoms with Gasteiger partial charge in [0.1, 0.15) is 0 Å². The van der Waals surface area contributed by atoms with E-state index in [1.807, 2.05) is 72.8 Å². The lowest BCUT2D eigenvalue weighted by molar-refractivity contribution is 0.448. The molecule has 0 saturated heterocycles. The van der Waals surface area contributed by atoms with E-state index in [-0.39, 0.29) is 5.56 Å². The fourth-order valence-electron chi connectivity index (χ4n) is 6.12. The van der Waals surface area contributed by atoms with Crippen molar-refractivity contribution in [1.29, 1.82) is 5.26 Å². The van der Waals surface area contributed by atoms with Crippen LogP contribution in [0.3, 0.4) is 0 Å². The van der Waals surface area contributed by atoms with Gasteiger partial charge in [-0.2, -0.15) is 5.26 Å². The van der Waals surface area contributed by atoms with E-state index in [0.29, 0.717) is 44.9 Å². The van der Waals surface area contributed by atoms with Crippen molar-refractivity contribution in [1.82, 2.24) is 15.0 Å². The maximum Gasteiger partial charge on any atom is 0.194 e. The van der Waals surface area contributed by atoms with Crippen molar-refractivity contribution in [2.75, 3.05) is 0 Å². The van der Waals surface area contributed by atoms with Gasteiger partial charge in [0.25, 0.3) is 0 Å². The highest BCUT2D eigenvalue weighted by atomic mass is 19.2. The van der Waals surface area contributed by atoms with Crippen molar-refractivity contribution in [2.24, 2.45) is 0 Å². The van der Waals surface area contributed by atoms with Crippen LogP contribution < -0.4 is 0 Å². The van der Waals surface area contributed by atoms with Crippen LogP contribution in [0.2, 0.25) is 0 Å². The highest BCUT2D eigenvalue weighted by molar-refractivity contribution is 6.21. The third-order valence-corrected chi connectivity index (χ3v) is 8.53. The Bertz CT molecular complexity index is 2670. The molecule has 0 N–H and O–H groups in total. The predicted molar refractivity (Wildman–Crippen MR) is 185 cm³/mol. The fraction of sp³-hybridized carbons (Fsp3) is 0. The van der Waals surface area contributed by atoms with Gasteiger partial charge in [0.05, 0.1) is 51.8 Å². The molecule has 0 bridgehead atoms. The van der Waals surface area contributed by atoms with Gasteiger partial charge in [-0.25, -0.2) is 33.0 Å². The summed E-state index contributed by atoms with van der Waals surface area (Å²) in [6.07, 6.45) is 0. The molecule has 0 aliphatic carbocycles. The van der Waals surface area contributed by atoms with Crippen LogP contribution in [0.1, 0.15) is 5.56 Å². The first kappa shape index (κ1) is 29.5. The topological polar surface area (TPSA) is 66.8 Å². The lowest BCUT2D eigenvalue weighted by Gasteiger charge is -2.15. The molecule has 0 fully saturated rings. The van der Waals surface area contributed by atoms with Gasteiger partial charge in [0.2, 0.25) is 0 Å². The minimum Gasteiger partial charge on any atom is -0.247 e. The summed E-state index contributed by atoms with van der Waals surface area (Å²) in [5.41, 5.74) is 8.10. The van der Waals surface area contributed by atoms with Gasteiger partial charge >= 0.3 is 0 Å². The van der Waals surface area contributed by atoms with Gasteiger partial charge in [0, 0.05) is 27.3 Å². The third-order valence-electron chi connectivity index (χ3n) is 8.53. The van der Waals surface area contributed by atoms with Crippen LogP contribution in [-0.4, -0.2) is 15.0 Å². The normalized spacial score (nSPS) is 11.1. The number of pyridine rings is 1. The van der Waals surface area contributed by atoms with E-state index in [1.165, 1.54) is 0 Å². The fourth-order valence-corrected chi connectivity index (χ4v) is 6.12. The quantitative estimate of drug-likeness (QED) is 0.109. The summed E-state index contributed by atoms with van der Waals surface area (Å²) >= 11 is 0. The second-order valence-corrected chi connectivity index (χ2v) is 11.4. The van der Waals surface area contributed by atoms with Gasteiger partial charge in [0.15, 0.2) is 23.1 Å². The molecule has 2 heterocycles. The Morgan fingerprint density at radius 1 is 0.551 bits per heavy atom. The monoisotopic (exact) mass is 639 g/mol. The molecule has 2 aromatic heterocycles. The molecule has 5 nitrogen and oxygen atoms in total. The smallest absolute Gasteiger partial charge is 0.194 e. The Kier molecular flexibility index (Phi) is 7.05. The second kappa shape index (κ2) is 11.7.